The fourth-order valence-corrected chi connectivity index (χ4v) is 2.84. The van der Waals surface area contributed by atoms with E-state index in [9.17, 15) is 14.4 Å². The van der Waals surface area contributed by atoms with Crippen molar-refractivity contribution in [2.75, 3.05) is 6.54 Å². The summed E-state index contributed by atoms with van der Waals surface area (Å²) in [7, 11) is 0. The Morgan fingerprint density at radius 3 is 2.60 bits per heavy atom. The minimum absolute atomic E-state index is 0.0881. The topological polar surface area (TPSA) is 160 Å². The Morgan fingerprint density at radius 2 is 2.04 bits per heavy atom. The van der Waals surface area contributed by atoms with E-state index in [-0.39, 0.29) is 35.7 Å². The summed E-state index contributed by atoms with van der Waals surface area (Å²) < 4.78 is 0. The summed E-state index contributed by atoms with van der Waals surface area (Å²) in [5.74, 6) is -0.294. The van der Waals surface area contributed by atoms with Gasteiger partial charge in [0.1, 0.15) is 6.04 Å². The predicted octanol–water partition coefficient (Wildman–Crippen LogP) is -1.26. The van der Waals surface area contributed by atoms with Crippen molar-refractivity contribution in [3.05, 3.63) is 0 Å². The van der Waals surface area contributed by atoms with Crippen LogP contribution in [-0.2, 0) is 14.4 Å². The molecular formula is C15H22ClN5O4. The van der Waals surface area contributed by atoms with E-state index in [0.29, 0.717) is 19.3 Å². The zero-order chi connectivity index (χ0) is 19.0. The number of nitrogens with one attached hydrogen (secondary N) is 2. The Bertz CT molecular complexity index is 585. The number of aliphatic carboxylic acids is 1. The molecule has 25 heavy (non-hydrogen) atoms. The molecule has 0 aromatic carbocycles. The molecule has 9 nitrogen and oxygen atoms in total. The van der Waals surface area contributed by atoms with Crippen molar-refractivity contribution in [3.63, 3.8) is 0 Å². The van der Waals surface area contributed by atoms with E-state index in [0.717, 1.165) is 0 Å². The van der Waals surface area contributed by atoms with E-state index in [1.165, 1.54) is 0 Å². The number of carboxylic acid groups (broad SMARTS) is 1. The number of aliphatic imine (C=N–C) groups is 1. The molecule has 0 spiro atoms. The zero-order valence-corrected chi connectivity index (χ0v) is 14.3. The van der Waals surface area contributed by atoms with Gasteiger partial charge in [0, 0.05) is 5.92 Å². The van der Waals surface area contributed by atoms with E-state index in [1.54, 1.807) is 0 Å². The number of carbonyl (C=O) groups is 3. The second-order valence-electron chi connectivity index (χ2n) is 5.75. The summed E-state index contributed by atoms with van der Waals surface area (Å²) in [5.41, 5.74) is 10.7. The van der Waals surface area contributed by atoms with Crippen molar-refractivity contribution in [2.45, 2.75) is 43.1 Å². The average Bonchev–Trinajstić information content (AvgIpc) is 2.53. The third-order valence-electron chi connectivity index (χ3n) is 3.76. The Kier molecular flexibility index (Phi) is 8.01. The van der Waals surface area contributed by atoms with Gasteiger partial charge in [0.2, 0.25) is 11.8 Å². The molecule has 1 saturated carbocycles. The number of carboxylic acids is 1. The highest BCUT2D eigenvalue weighted by Crippen LogP contribution is 2.30. The number of hydrogen-bond donors (Lipinski definition) is 5. The maximum atomic E-state index is 12.2. The third-order valence-corrected chi connectivity index (χ3v) is 4.27. The molecule has 4 atom stereocenters. The van der Waals surface area contributed by atoms with Gasteiger partial charge in [-0.1, -0.05) is 5.92 Å². The highest BCUT2D eigenvalue weighted by Gasteiger charge is 2.33. The fraction of sp³-hybridized carbons (Fsp3) is 0.600. The van der Waals surface area contributed by atoms with Crippen molar-refractivity contribution in [1.82, 2.24) is 10.6 Å². The number of hydrogen-bond acceptors (Lipinski definition) is 4. The molecule has 2 amide bonds. The molecule has 0 bridgehead atoms. The first-order valence-corrected chi connectivity index (χ1v) is 8.14. The van der Waals surface area contributed by atoms with Crippen LogP contribution in [0.3, 0.4) is 0 Å². The van der Waals surface area contributed by atoms with Crippen LogP contribution in [-0.4, -0.2) is 52.9 Å². The molecule has 1 rings (SSSR count). The fourth-order valence-electron chi connectivity index (χ4n) is 2.56. The standard InChI is InChI=1S/C15H22ClN5O4/c1-2-9(6-13(23)24)20-12(22)7-19-14(25)8-3-4-10(16)11(5-8)21-15(17)18/h1,8-11H,3-7H2,(H,19,25)(H,20,22)(H,23,24)(H4,17,18,21)/t8?,9-,10?,11?/m1/s1. The molecule has 0 heterocycles. The van der Waals surface area contributed by atoms with E-state index in [4.69, 9.17) is 34.6 Å². The molecule has 0 saturated heterocycles. The van der Waals surface area contributed by atoms with E-state index in [1.807, 2.05) is 0 Å². The normalized spacial score (nSPS) is 23.6. The molecule has 1 fully saturated rings. The van der Waals surface area contributed by atoms with Crippen molar-refractivity contribution in [2.24, 2.45) is 22.4 Å². The molecule has 10 heteroatoms. The van der Waals surface area contributed by atoms with Crippen molar-refractivity contribution >= 4 is 35.3 Å². The molecule has 1 aliphatic rings. The maximum Gasteiger partial charge on any atom is 0.306 e. The van der Waals surface area contributed by atoms with Gasteiger partial charge >= 0.3 is 5.97 Å². The SMILES string of the molecule is C#C[C@H](CC(=O)O)NC(=O)CNC(=O)C1CCC(Cl)C(N=C(N)N)C1. The van der Waals surface area contributed by atoms with Crippen molar-refractivity contribution in [1.29, 1.82) is 0 Å². The summed E-state index contributed by atoms with van der Waals surface area (Å²) >= 11 is 6.16. The van der Waals surface area contributed by atoms with Gasteiger partial charge in [0.25, 0.3) is 0 Å². The summed E-state index contributed by atoms with van der Waals surface area (Å²) in [6, 6.07) is -1.29. The largest absolute Gasteiger partial charge is 0.481 e. The van der Waals surface area contributed by atoms with Crippen LogP contribution in [0.5, 0.6) is 0 Å². The number of nitrogens with zero attached hydrogens (tertiary/aromatic N) is 1. The first-order valence-electron chi connectivity index (χ1n) is 7.70. The van der Waals surface area contributed by atoms with Gasteiger partial charge in [0.15, 0.2) is 5.96 Å². The highest BCUT2D eigenvalue weighted by atomic mass is 35.5. The van der Waals surface area contributed by atoms with E-state index in [2.05, 4.69) is 21.5 Å². The van der Waals surface area contributed by atoms with E-state index < -0.39 is 24.3 Å². The monoisotopic (exact) mass is 371 g/mol. The molecule has 7 N–H and O–H groups in total. The van der Waals surface area contributed by atoms with Gasteiger partial charge in [-0.25, -0.2) is 4.99 Å². The second-order valence-corrected chi connectivity index (χ2v) is 6.31. The minimum Gasteiger partial charge on any atom is -0.481 e. The van der Waals surface area contributed by atoms with Gasteiger partial charge in [-0.15, -0.1) is 18.0 Å². The number of carbonyl (C=O) groups excluding carboxylic acids is 2. The molecule has 138 valence electrons. The number of guanidine groups is 1. The van der Waals surface area contributed by atoms with Gasteiger partial charge in [-0.3, -0.25) is 14.4 Å². The first kappa shape index (κ1) is 20.6. The maximum absolute atomic E-state index is 12.2. The Balaban J connectivity index is 2.48. The Hall–Kier alpha value is -2.47. The van der Waals surface area contributed by atoms with Gasteiger partial charge in [-0.05, 0) is 19.3 Å². The first-order chi connectivity index (χ1) is 11.7. The third kappa shape index (κ3) is 7.30. The van der Waals surface area contributed by atoms with Crippen LogP contribution in [0.4, 0.5) is 0 Å². The summed E-state index contributed by atoms with van der Waals surface area (Å²) in [6.07, 6.45) is 6.27. The van der Waals surface area contributed by atoms with Gasteiger partial charge in [-0.2, -0.15) is 0 Å². The number of terminal acetylenes is 1. The van der Waals surface area contributed by atoms with Crippen molar-refractivity contribution in [3.8, 4) is 12.3 Å². The molecule has 3 unspecified atom stereocenters. The molecular weight excluding hydrogens is 350 g/mol. The van der Waals surface area contributed by atoms with Gasteiger partial charge in [0.05, 0.1) is 24.4 Å². The van der Waals surface area contributed by atoms with Crippen LogP contribution < -0.4 is 22.1 Å². The number of rotatable bonds is 7. The van der Waals surface area contributed by atoms with E-state index >= 15 is 0 Å². The van der Waals surface area contributed by atoms with Crippen LogP contribution in [0, 0.1) is 18.3 Å². The predicted molar refractivity (Wildman–Crippen MR) is 92.6 cm³/mol. The summed E-state index contributed by atoms with van der Waals surface area (Å²) in [6.45, 7) is -0.301. The molecule has 0 aromatic heterocycles. The number of alkyl halides is 1. The van der Waals surface area contributed by atoms with Crippen LogP contribution in [0.2, 0.25) is 0 Å². The lowest BCUT2D eigenvalue weighted by atomic mass is 9.85. The van der Waals surface area contributed by atoms with Crippen molar-refractivity contribution < 1.29 is 19.5 Å². The number of amides is 2. The lowest BCUT2D eigenvalue weighted by Crippen LogP contribution is -2.45. The lowest BCUT2D eigenvalue weighted by molar-refractivity contribution is -0.137. The summed E-state index contributed by atoms with van der Waals surface area (Å²) in [4.78, 5) is 38.6. The smallest absolute Gasteiger partial charge is 0.306 e. The molecule has 0 aliphatic heterocycles. The number of nitrogens with two attached hydrogens (primary N) is 2. The highest BCUT2D eigenvalue weighted by molar-refractivity contribution is 6.21. The van der Waals surface area contributed by atoms with Crippen LogP contribution >= 0.6 is 11.6 Å². The summed E-state index contributed by atoms with van der Waals surface area (Å²) in [5, 5.41) is 13.3. The number of halogens is 1. The molecule has 0 aromatic rings. The van der Waals surface area contributed by atoms with Crippen LogP contribution in [0.1, 0.15) is 25.7 Å². The minimum atomic E-state index is -1.13. The molecule has 0 radical (unpaired) electrons. The van der Waals surface area contributed by atoms with Crippen LogP contribution in [0.15, 0.2) is 4.99 Å². The average molecular weight is 372 g/mol. The van der Waals surface area contributed by atoms with Crippen LogP contribution in [0.25, 0.3) is 0 Å². The zero-order valence-electron chi connectivity index (χ0n) is 13.6. The van der Waals surface area contributed by atoms with Gasteiger partial charge < -0.3 is 27.2 Å². The Morgan fingerprint density at radius 1 is 1.36 bits per heavy atom. The lowest BCUT2D eigenvalue weighted by Gasteiger charge is -2.29. The molecule has 1 aliphatic carbocycles. The quantitative estimate of drug-likeness (QED) is 0.162. The second kappa shape index (κ2) is 9.74. The Labute approximate surface area is 150 Å².